The molecule has 0 bridgehead atoms. The van der Waals surface area contributed by atoms with Gasteiger partial charge in [-0.05, 0) is 24.3 Å². The summed E-state index contributed by atoms with van der Waals surface area (Å²) in [6.07, 6.45) is 5.91. The van der Waals surface area contributed by atoms with Gasteiger partial charge in [-0.1, -0.05) is 0 Å². The first-order chi connectivity index (χ1) is 8.38. The Balaban J connectivity index is 2.24. The molecule has 0 saturated carbocycles. The van der Waals surface area contributed by atoms with Crippen molar-refractivity contribution in [2.75, 3.05) is 0 Å². The monoisotopic (exact) mass is 224 g/mol. The molecule has 0 aliphatic heterocycles. The first-order valence-electron chi connectivity index (χ1n) is 5.09. The Bertz CT molecular complexity index is 675. The zero-order chi connectivity index (χ0) is 11.7. The molecule has 0 atom stereocenters. The second-order valence-corrected chi connectivity index (χ2v) is 3.52. The van der Waals surface area contributed by atoms with Crippen LogP contribution in [0.1, 0.15) is 10.4 Å². The van der Waals surface area contributed by atoms with Crippen LogP contribution in [0.15, 0.2) is 42.9 Å². The molecule has 5 nitrogen and oxygen atoms in total. The first kappa shape index (κ1) is 9.65. The van der Waals surface area contributed by atoms with E-state index >= 15 is 0 Å². The summed E-state index contributed by atoms with van der Waals surface area (Å²) in [6.45, 7) is 0. The van der Waals surface area contributed by atoms with E-state index in [0.717, 1.165) is 11.8 Å². The molecule has 82 valence electrons. The van der Waals surface area contributed by atoms with Crippen LogP contribution in [-0.4, -0.2) is 25.9 Å². The number of hydrogen-bond donors (Lipinski definition) is 0. The SMILES string of the molecule is O=Cc1cccn2nc(-c3ccncc3)nc12. The lowest BCUT2D eigenvalue weighted by Gasteiger charge is -1.91. The van der Waals surface area contributed by atoms with Gasteiger partial charge in [0.15, 0.2) is 17.8 Å². The van der Waals surface area contributed by atoms with Gasteiger partial charge in [0, 0.05) is 24.2 Å². The highest BCUT2D eigenvalue weighted by molar-refractivity contribution is 5.84. The molecule has 3 rings (SSSR count). The van der Waals surface area contributed by atoms with Gasteiger partial charge in [-0.25, -0.2) is 9.50 Å². The maximum atomic E-state index is 10.9. The van der Waals surface area contributed by atoms with Gasteiger partial charge in [0.2, 0.25) is 0 Å². The number of nitrogens with zero attached hydrogens (tertiary/aromatic N) is 4. The maximum Gasteiger partial charge on any atom is 0.182 e. The van der Waals surface area contributed by atoms with E-state index in [-0.39, 0.29) is 0 Å². The van der Waals surface area contributed by atoms with Crippen molar-refractivity contribution in [2.45, 2.75) is 0 Å². The van der Waals surface area contributed by atoms with E-state index in [1.807, 2.05) is 12.1 Å². The van der Waals surface area contributed by atoms with Gasteiger partial charge in [-0.15, -0.1) is 5.10 Å². The standard InChI is InChI=1S/C12H8N4O/c17-8-10-2-1-7-16-12(10)14-11(15-16)9-3-5-13-6-4-9/h1-8H. The van der Waals surface area contributed by atoms with Crippen LogP contribution in [0.3, 0.4) is 0 Å². The molecule has 0 unspecified atom stereocenters. The average molecular weight is 224 g/mol. The van der Waals surface area contributed by atoms with E-state index < -0.39 is 0 Å². The van der Waals surface area contributed by atoms with Crippen molar-refractivity contribution in [3.63, 3.8) is 0 Å². The molecular formula is C12H8N4O. The number of fused-ring (bicyclic) bond motifs is 1. The fourth-order valence-corrected chi connectivity index (χ4v) is 1.64. The predicted molar refractivity (Wildman–Crippen MR) is 61.6 cm³/mol. The van der Waals surface area contributed by atoms with E-state index in [9.17, 15) is 4.79 Å². The highest BCUT2D eigenvalue weighted by Gasteiger charge is 2.08. The number of carbonyl (C=O) groups is 1. The second kappa shape index (κ2) is 3.79. The number of hydrogen-bond acceptors (Lipinski definition) is 4. The van der Waals surface area contributed by atoms with Crippen molar-refractivity contribution < 1.29 is 4.79 Å². The fraction of sp³-hybridized carbons (Fsp3) is 0. The number of carbonyl (C=O) groups excluding carboxylic acids is 1. The Morgan fingerprint density at radius 2 is 2.00 bits per heavy atom. The van der Waals surface area contributed by atoms with Crippen molar-refractivity contribution in [1.29, 1.82) is 0 Å². The third kappa shape index (κ3) is 1.57. The highest BCUT2D eigenvalue weighted by atomic mass is 16.1. The van der Waals surface area contributed by atoms with Gasteiger partial charge in [-0.3, -0.25) is 9.78 Å². The average Bonchev–Trinajstić information content (AvgIpc) is 2.83. The van der Waals surface area contributed by atoms with Crippen LogP contribution in [0.25, 0.3) is 17.0 Å². The van der Waals surface area contributed by atoms with E-state index in [2.05, 4.69) is 15.1 Å². The summed E-state index contributed by atoms with van der Waals surface area (Å²) in [5.41, 5.74) is 1.97. The summed E-state index contributed by atoms with van der Waals surface area (Å²) in [4.78, 5) is 19.2. The number of rotatable bonds is 2. The fourth-order valence-electron chi connectivity index (χ4n) is 1.64. The van der Waals surface area contributed by atoms with E-state index in [1.165, 1.54) is 0 Å². The molecule has 5 heteroatoms. The van der Waals surface area contributed by atoms with Crippen molar-refractivity contribution >= 4 is 11.9 Å². The van der Waals surface area contributed by atoms with Gasteiger partial charge in [0.25, 0.3) is 0 Å². The molecule has 0 N–H and O–H groups in total. The molecule has 17 heavy (non-hydrogen) atoms. The van der Waals surface area contributed by atoms with Crippen LogP contribution in [0.4, 0.5) is 0 Å². The third-order valence-electron chi connectivity index (χ3n) is 2.46. The third-order valence-corrected chi connectivity index (χ3v) is 2.46. The molecular weight excluding hydrogens is 216 g/mol. The van der Waals surface area contributed by atoms with Crippen molar-refractivity contribution in [3.05, 3.63) is 48.4 Å². The Morgan fingerprint density at radius 3 is 2.76 bits per heavy atom. The van der Waals surface area contributed by atoms with Gasteiger partial charge in [-0.2, -0.15) is 0 Å². The van der Waals surface area contributed by atoms with Crippen LogP contribution >= 0.6 is 0 Å². The lowest BCUT2D eigenvalue weighted by atomic mass is 10.2. The minimum Gasteiger partial charge on any atom is -0.298 e. The Morgan fingerprint density at radius 1 is 1.18 bits per heavy atom. The molecule has 0 saturated heterocycles. The molecule has 0 aromatic carbocycles. The van der Waals surface area contributed by atoms with Crippen LogP contribution in [-0.2, 0) is 0 Å². The molecule has 3 aromatic heterocycles. The first-order valence-corrected chi connectivity index (χ1v) is 5.09. The van der Waals surface area contributed by atoms with E-state index in [1.54, 1.807) is 35.2 Å². The zero-order valence-corrected chi connectivity index (χ0v) is 8.82. The van der Waals surface area contributed by atoms with Crippen molar-refractivity contribution in [2.24, 2.45) is 0 Å². The summed E-state index contributed by atoms with van der Waals surface area (Å²) < 4.78 is 1.60. The second-order valence-electron chi connectivity index (χ2n) is 3.52. The van der Waals surface area contributed by atoms with Crippen molar-refractivity contribution in [3.8, 4) is 11.4 Å². The number of aromatic nitrogens is 4. The van der Waals surface area contributed by atoms with Gasteiger partial charge in [0.05, 0.1) is 5.56 Å². The summed E-state index contributed by atoms with van der Waals surface area (Å²) in [6, 6.07) is 7.14. The Kier molecular flexibility index (Phi) is 2.15. The van der Waals surface area contributed by atoms with Crippen LogP contribution in [0.2, 0.25) is 0 Å². The zero-order valence-electron chi connectivity index (χ0n) is 8.82. The number of pyridine rings is 2. The molecule has 0 fully saturated rings. The van der Waals surface area contributed by atoms with Crippen LogP contribution in [0, 0.1) is 0 Å². The maximum absolute atomic E-state index is 10.9. The topological polar surface area (TPSA) is 60.2 Å². The van der Waals surface area contributed by atoms with E-state index in [0.29, 0.717) is 17.0 Å². The summed E-state index contributed by atoms with van der Waals surface area (Å²) in [5.74, 6) is 0.585. The van der Waals surface area contributed by atoms with Gasteiger partial charge < -0.3 is 0 Å². The van der Waals surface area contributed by atoms with Crippen molar-refractivity contribution in [1.82, 2.24) is 19.6 Å². The molecule has 3 heterocycles. The molecule has 0 spiro atoms. The molecule has 0 amide bonds. The van der Waals surface area contributed by atoms with Gasteiger partial charge >= 0.3 is 0 Å². The largest absolute Gasteiger partial charge is 0.298 e. The summed E-state index contributed by atoms with van der Waals surface area (Å²) in [7, 11) is 0. The Labute approximate surface area is 96.8 Å². The van der Waals surface area contributed by atoms with Gasteiger partial charge in [0.1, 0.15) is 0 Å². The smallest absolute Gasteiger partial charge is 0.182 e. The summed E-state index contributed by atoms with van der Waals surface area (Å²) >= 11 is 0. The molecule has 0 aliphatic rings. The lowest BCUT2D eigenvalue weighted by molar-refractivity contribution is 0.112. The number of aldehydes is 1. The summed E-state index contributed by atoms with van der Waals surface area (Å²) in [5, 5.41) is 4.31. The normalized spacial score (nSPS) is 10.6. The predicted octanol–water partition coefficient (Wildman–Crippen LogP) is 1.60. The Hall–Kier alpha value is -2.56. The quantitative estimate of drug-likeness (QED) is 0.620. The minimum absolute atomic E-state index is 0.528. The molecule has 3 aromatic rings. The van der Waals surface area contributed by atoms with Crippen LogP contribution in [0.5, 0.6) is 0 Å². The lowest BCUT2D eigenvalue weighted by Crippen LogP contribution is -1.90. The molecule has 0 aliphatic carbocycles. The minimum atomic E-state index is 0.528. The molecule has 0 radical (unpaired) electrons. The van der Waals surface area contributed by atoms with E-state index in [4.69, 9.17) is 0 Å². The highest BCUT2D eigenvalue weighted by Crippen LogP contribution is 2.16. The van der Waals surface area contributed by atoms with Crippen LogP contribution < -0.4 is 0 Å².